The van der Waals surface area contributed by atoms with Crippen LogP contribution < -0.4 is 10.9 Å². The van der Waals surface area contributed by atoms with Crippen LogP contribution in [0.1, 0.15) is 51.8 Å². The maximum atomic E-state index is 12.3. The first kappa shape index (κ1) is 16.1. The van der Waals surface area contributed by atoms with Crippen LogP contribution >= 0.6 is 11.8 Å². The topological polar surface area (TPSA) is 64.0 Å². The SMILES string of the molecule is CC(C)CNC(=O)C[C@H]1CSc2nc(C(C)C)cc(=O)n21. The Morgan fingerprint density at radius 3 is 2.81 bits per heavy atom. The fourth-order valence-corrected chi connectivity index (χ4v) is 3.38. The number of nitrogens with one attached hydrogen (secondary N) is 1. The first-order valence-corrected chi connectivity index (χ1v) is 8.40. The summed E-state index contributed by atoms with van der Waals surface area (Å²) in [5, 5.41) is 3.65. The molecule has 0 saturated carbocycles. The van der Waals surface area contributed by atoms with Crippen LogP contribution in [0.3, 0.4) is 0 Å². The molecule has 2 rings (SSSR count). The number of fused-ring (bicyclic) bond motifs is 1. The second-order valence-electron chi connectivity index (χ2n) is 6.19. The normalized spacial score (nSPS) is 17.3. The summed E-state index contributed by atoms with van der Waals surface area (Å²) in [7, 11) is 0. The van der Waals surface area contributed by atoms with E-state index < -0.39 is 0 Å². The molecule has 1 aliphatic heterocycles. The van der Waals surface area contributed by atoms with Crippen molar-refractivity contribution in [3.63, 3.8) is 0 Å². The fourth-order valence-electron chi connectivity index (χ4n) is 2.22. The molecule has 0 aliphatic carbocycles. The van der Waals surface area contributed by atoms with E-state index >= 15 is 0 Å². The highest BCUT2D eigenvalue weighted by atomic mass is 32.2. The number of carbonyl (C=O) groups excluding carboxylic acids is 1. The van der Waals surface area contributed by atoms with Gasteiger partial charge in [0.1, 0.15) is 0 Å². The molecule has 0 radical (unpaired) electrons. The number of aromatic nitrogens is 2. The Morgan fingerprint density at radius 1 is 1.48 bits per heavy atom. The quantitative estimate of drug-likeness (QED) is 0.847. The Labute approximate surface area is 129 Å². The zero-order chi connectivity index (χ0) is 15.6. The molecule has 1 aromatic rings. The molecule has 21 heavy (non-hydrogen) atoms. The smallest absolute Gasteiger partial charge is 0.254 e. The van der Waals surface area contributed by atoms with Gasteiger partial charge in [-0.25, -0.2) is 4.98 Å². The van der Waals surface area contributed by atoms with Gasteiger partial charge in [0.15, 0.2) is 5.16 Å². The van der Waals surface area contributed by atoms with E-state index in [1.54, 1.807) is 22.4 Å². The summed E-state index contributed by atoms with van der Waals surface area (Å²) in [4.78, 5) is 28.8. The third kappa shape index (κ3) is 3.87. The van der Waals surface area contributed by atoms with Gasteiger partial charge in [0.25, 0.3) is 5.56 Å². The average molecular weight is 309 g/mol. The predicted octanol–water partition coefficient (Wildman–Crippen LogP) is 2.18. The highest BCUT2D eigenvalue weighted by Gasteiger charge is 2.27. The highest BCUT2D eigenvalue weighted by molar-refractivity contribution is 7.99. The Kier molecular flexibility index (Phi) is 5.08. The number of amides is 1. The van der Waals surface area contributed by atoms with Gasteiger partial charge in [0.2, 0.25) is 5.91 Å². The minimum atomic E-state index is -0.0848. The Morgan fingerprint density at radius 2 is 2.19 bits per heavy atom. The van der Waals surface area contributed by atoms with Crippen molar-refractivity contribution < 1.29 is 4.79 Å². The third-order valence-electron chi connectivity index (χ3n) is 3.43. The minimum Gasteiger partial charge on any atom is -0.356 e. The molecule has 0 unspecified atom stereocenters. The molecule has 5 nitrogen and oxygen atoms in total. The fraction of sp³-hybridized carbons (Fsp3) is 0.667. The summed E-state index contributed by atoms with van der Waals surface area (Å²) in [6, 6.07) is 1.51. The van der Waals surface area contributed by atoms with Crippen LogP contribution in [-0.2, 0) is 4.79 Å². The molecule has 1 aliphatic rings. The lowest BCUT2D eigenvalue weighted by Gasteiger charge is -2.15. The Balaban J connectivity index is 2.12. The van der Waals surface area contributed by atoms with Gasteiger partial charge in [-0.1, -0.05) is 39.5 Å². The van der Waals surface area contributed by atoms with Crippen molar-refractivity contribution in [1.82, 2.24) is 14.9 Å². The van der Waals surface area contributed by atoms with Crippen LogP contribution in [-0.4, -0.2) is 27.8 Å². The largest absolute Gasteiger partial charge is 0.356 e. The number of rotatable bonds is 5. The molecule has 1 atom stereocenters. The lowest BCUT2D eigenvalue weighted by molar-refractivity contribution is -0.121. The maximum absolute atomic E-state index is 12.3. The predicted molar refractivity (Wildman–Crippen MR) is 84.8 cm³/mol. The van der Waals surface area contributed by atoms with E-state index in [-0.39, 0.29) is 23.4 Å². The van der Waals surface area contributed by atoms with Crippen molar-refractivity contribution in [3.05, 3.63) is 22.1 Å². The molecular formula is C15H23N3O2S. The molecule has 0 spiro atoms. The zero-order valence-electron chi connectivity index (χ0n) is 13.0. The molecule has 1 amide bonds. The maximum Gasteiger partial charge on any atom is 0.254 e. The lowest BCUT2D eigenvalue weighted by atomic mass is 10.1. The number of thioether (sulfide) groups is 1. The molecule has 0 bridgehead atoms. The molecule has 2 heterocycles. The van der Waals surface area contributed by atoms with Gasteiger partial charge >= 0.3 is 0 Å². The first-order chi connectivity index (χ1) is 9.88. The van der Waals surface area contributed by atoms with Crippen molar-refractivity contribution in [2.45, 2.75) is 51.2 Å². The van der Waals surface area contributed by atoms with Crippen molar-refractivity contribution in [2.24, 2.45) is 5.92 Å². The molecule has 0 fully saturated rings. The van der Waals surface area contributed by atoms with Crippen LogP contribution in [0.15, 0.2) is 16.0 Å². The van der Waals surface area contributed by atoms with Gasteiger partial charge < -0.3 is 5.32 Å². The van der Waals surface area contributed by atoms with Gasteiger partial charge in [-0.2, -0.15) is 0 Å². The molecule has 1 N–H and O–H groups in total. The standard InChI is InChI=1S/C15H23N3O2S/c1-9(2)7-16-13(19)5-11-8-21-15-17-12(10(3)4)6-14(20)18(11)15/h6,9-11H,5,7-8H2,1-4H3,(H,16,19)/t11-/m0/s1. The van der Waals surface area contributed by atoms with Crippen LogP contribution in [0.2, 0.25) is 0 Å². The molecule has 0 aromatic carbocycles. The molecular weight excluding hydrogens is 286 g/mol. The van der Waals surface area contributed by atoms with Crippen molar-refractivity contribution in [2.75, 3.05) is 12.3 Å². The van der Waals surface area contributed by atoms with Gasteiger partial charge in [-0.3, -0.25) is 14.2 Å². The van der Waals surface area contributed by atoms with E-state index in [1.807, 2.05) is 13.8 Å². The number of nitrogens with zero attached hydrogens (tertiary/aromatic N) is 2. The Hall–Kier alpha value is -1.30. The van der Waals surface area contributed by atoms with Crippen molar-refractivity contribution >= 4 is 17.7 Å². The van der Waals surface area contributed by atoms with Crippen molar-refractivity contribution in [3.8, 4) is 0 Å². The van der Waals surface area contributed by atoms with E-state index in [4.69, 9.17) is 0 Å². The molecule has 1 aromatic heterocycles. The van der Waals surface area contributed by atoms with Gasteiger partial charge in [-0.05, 0) is 11.8 Å². The summed E-state index contributed by atoms with van der Waals surface area (Å²) >= 11 is 1.56. The third-order valence-corrected chi connectivity index (χ3v) is 4.53. The minimum absolute atomic E-state index is 0.00184. The molecule has 6 heteroatoms. The number of hydrogen-bond acceptors (Lipinski definition) is 4. The van der Waals surface area contributed by atoms with Gasteiger partial charge in [-0.15, -0.1) is 0 Å². The van der Waals surface area contributed by atoms with E-state index in [9.17, 15) is 9.59 Å². The monoisotopic (exact) mass is 309 g/mol. The van der Waals surface area contributed by atoms with Gasteiger partial charge in [0, 0.05) is 24.8 Å². The lowest BCUT2D eigenvalue weighted by Crippen LogP contribution is -2.32. The molecule has 116 valence electrons. The number of carbonyl (C=O) groups is 1. The average Bonchev–Trinajstić information content (AvgIpc) is 2.80. The second-order valence-corrected chi connectivity index (χ2v) is 7.18. The summed E-state index contributed by atoms with van der Waals surface area (Å²) in [6.45, 7) is 8.83. The summed E-state index contributed by atoms with van der Waals surface area (Å²) in [6.07, 6.45) is 0.343. The highest BCUT2D eigenvalue weighted by Crippen LogP contribution is 2.32. The summed E-state index contributed by atoms with van der Waals surface area (Å²) in [5.74, 6) is 1.40. The second kappa shape index (κ2) is 6.64. The van der Waals surface area contributed by atoms with Crippen LogP contribution in [0, 0.1) is 5.92 Å². The van der Waals surface area contributed by atoms with Crippen LogP contribution in [0.5, 0.6) is 0 Å². The van der Waals surface area contributed by atoms with Crippen molar-refractivity contribution in [1.29, 1.82) is 0 Å². The Bertz CT molecular complexity index is 581. The van der Waals surface area contributed by atoms with Crippen LogP contribution in [0.4, 0.5) is 0 Å². The van der Waals surface area contributed by atoms with E-state index in [0.29, 0.717) is 18.9 Å². The first-order valence-electron chi connectivity index (χ1n) is 7.41. The van der Waals surface area contributed by atoms with Crippen LogP contribution in [0.25, 0.3) is 0 Å². The summed E-state index contributed by atoms with van der Waals surface area (Å²) in [5.41, 5.74) is 0.777. The van der Waals surface area contributed by atoms with Gasteiger partial charge in [0.05, 0.1) is 11.7 Å². The zero-order valence-corrected chi connectivity index (χ0v) is 13.9. The van der Waals surface area contributed by atoms with E-state index in [2.05, 4.69) is 24.1 Å². The van der Waals surface area contributed by atoms with E-state index in [0.717, 1.165) is 16.6 Å². The number of hydrogen-bond donors (Lipinski definition) is 1. The molecule has 0 saturated heterocycles. The summed E-state index contributed by atoms with van der Waals surface area (Å²) < 4.78 is 1.67. The van der Waals surface area contributed by atoms with E-state index in [1.165, 1.54) is 0 Å².